The standard InChI is InChI=1S/C24H27N5O2S/c1-3-22(31)25-19-10-8-18(9-11-19)21(30)16-32-24-27-26-23(28-14-4-5-15-28)29(24)20-12-6-17(2)7-13-20/h6-13H,3-5,14-16H2,1-2H3,(H,25,31). The van der Waals surface area contributed by atoms with E-state index >= 15 is 0 Å². The highest BCUT2D eigenvalue weighted by Gasteiger charge is 2.23. The highest BCUT2D eigenvalue weighted by atomic mass is 32.2. The Balaban J connectivity index is 1.51. The monoisotopic (exact) mass is 449 g/mol. The zero-order valence-corrected chi connectivity index (χ0v) is 19.2. The molecule has 0 atom stereocenters. The molecule has 32 heavy (non-hydrogen) atoms. The Bertz CT molecular complexity index is 1090. The zero-order chi connectivity index (χ0) is 22.5. The minimum absolute atomic E-state index is 0.00421. The molecule has 1 fully saturated rings. The summed E-state index contributed by atoms with van der Waals surface area (Å²) in [7, 11) is 0. The number of benzene rings is 2. The highest BCUT2D eigenvalue weighted by molar-refractivity contribution is 7.99. The maximum atomic E-state index is 12.8. The van der Waals surface area contributed by atoms with Crippen LogP contribution in [0.1, 0.15) is 42.1 Å². The van der Waals surface area contributed by atoms with E-state index in [1.165, 1.54) is 17.3 Å². The fraction of sp³-hybridized carbons (Fsp3) is 0.333. The van der Waals surface area contributed by atoms with E-state index in [1.54, 1.807) is 31.2 Å². The first-order chi connectivity index (χ1) is 15.5. The van der Waals surface area contributed by atoms with E-state index in [0.717, 1.165) is 37.6 Å². The van der Waals surface area contributed by atoms with Crippen LogP contribution in [0.2, 0.25) is 0 Å². The van der Waals surface area contributed by atoms with Crippen molar-refractivity contribution in [2.75, 3.05) is 29.1 Å². The van der Waals surface area contributed by atoms with Gasteiger partial charge < -0.3 is 10.2 Å². The summed E-state index contributed by atoms with van der Waals surface area (Å²) in [4.78, 5) is 26.6. The summed E-state index contributed by atoms with van der Waals surface area (Å²) in [6.07, 6.45) is 2.71. The molecule has 0 saturated carbocycles. The number of carbonyl (C=O) groups is 2. The number of ketones is 1. The number of nitrogens with one attached hydrogen (secondary N) is 1. The van der Waals surface area contributed by atoms with Gasteiger partial charge in [-0.05, 0) is 56.2 Å². The normalized spacial score (nSPS) is 13.4. The third-order valence-electron chi connectivity index (χ3n) is 5.44. The Kier molecular flexibility index (Phi) is 6.90. The Morgan fingerprint density at radius 3 is 2.34 bits per heavy atom. The molecule has 8 heteroatoms. The van der Waals surface area contributed by atoms with Crippen molar-refractivity contribution >= 4 is 35.1 Å². The maximum absolute atomic E-state index is 12.8. The van der Waals surface area contributed by atoms with Crippen LogP contribution in [0.15, 0.2) is 53.7 Å². The quantitative estimate of drug-likeness (QED) is 0.403. The lowest BCUT2D eigenvalue weighted by Crippen LogP contribution is -2.22. The third kappa shape index (κ3) is 5.02. The number of Topliss-reactive ketones (excluding diaryl/α,β-unsaturated/α-hetero) is 1. The van der Waals surface area contributed by atoms with Crippen molar-refractivity contribution in [2.45, 2.75) is 38.3 Å². The second kappa shape index (κ2) is 9.99. The second-order valence-corrected chi connectivity index (χ2v) is 8.78. The molecule has 0 radical (unpaired) electrons. The van der Waals surface area contributed by atoms with Crippen molar-refractivity contribution < 1.29 is 9.59 Å². The summed E-state index contributed by atoms with van der Waals surface area (Å²) in [5.41, 5.74) is 3.48. The van der Waals surface area contributed by atoms with Crippen LogP contribution in [-0.2, 0) is 4.79 Å². The van der Waals surface area contributed by atoms with Gasteiger partial charge in [-0.25, -0.2) is 0 Å². The van der Waals surface area contributed by atoms with Gasteiger partial charge in [0.15, 0.2) is 10.9 Å². The highest BCUT2D eigenvalue weighted by Crippen LogP contribution is 2.29. The molecule has 1 aliphatic rings. The van der Waals surface area contributed by atoms with Gasteiger partial charge in [-0.15, -0.1) is 10.2 Å². The number of hydrogen-bond acceptors (Lipinski definition) is 6. The fourth-order valence-electron chi connectivity index (χ4n) is 3.60. The Morgan fingerprint density at radius 1 is 1.00 bits per heavy atom. The van der Waals surface area contributed by atoms with Crippen LogP contribution in [-0.4, -0.2) is 45.3 Å². The predicted molar refractivity (Wildman–Crippen MR) is 128 cm³/mol. The number of thioether (sulfide) groups is 1. The van der Waals surface area contributed by atoms with Crippen LogP contribution in [0.3, 0.4) is 0 Å². The number of carbonyl (C=O) groups excluding carboxylic acids is 2. The predicted octanol–water partition coefficient (Wildman–Crippen LogP) is 4.50. The molecule has 0 unspecified atom stereocenters. The first kappa shape index (κ1) is 22.1. The van der Waals surface area contributed by atoms with Gasteiger partial charge in [0.05, 0.1) is 11.4 Å². The van der Waals surface area contributed by atoms with Gasteiger partial charge in [0.2, 0.25) is 11.9 Å². The van der Waals surface area contributed by atoms with E-state index in [9.17, 15) is 9.59 Å². The lowest BCUT2D eigenvalue weighted by molar-refractivity contribution is -0.115. The van der Waals surface area contributed by atoms with Gasteiger partial charge in [-0.1, -0.05) is 36.4 Å². The van der Waals surface area contributed by atoms with Crippen molar-refractivity contribution in [1.82, 2.24) is 14.8 Å². The number of aromatic nitrogens is 3. The minimum Gasteiger partial charge on any atom is -0.341 e. The molecule has 166 valence electrons. The lowest BCUT2D eigenvalue weighted by atomic mass is 10.1. The van der Waals surface area contributed by atoms with Gasteiger partial charge in [0.25, 0.3) is 0 Å². The molecule has 2 heterocycles. The molecule has 1 aromatic heterocycles. The first-order valence-electron chi connectivity index (χ1n) is 10.9. The van der Waals surface area contributed by atoms with E-state index in [2.05, 4.69) is 51.6 Å². The molecule has 3 aromatic rings. The molecule has 0 spiro atoms. The second-order valence-electron chi connectivity index (χ2n) is 7.84. The average molecular weight is 450 g/mol. The lowest BCUT2D eigenvalue weighted by Gasteiger charge is -2.18. The Hall–Kier alpha value is -3.13. The molecular weight excluding hydrogens is 422 g/mol. The summed E-state index contributed by atoms with van der Waals surface area (Å²) >= 11 is 1.39. The van der Waals surface area contributed by atoms with Crippen LogP contribution < -0.4 is 10.2 Å². The van der Waals surface area contributed by atoms with Gasteiger partial charge in [0.1, 0.15) is 0 Å². The smallest absolute Gasteiger partial charge is 0.232 e. The van der Waals surface area contributed by atoms with Crippen molar-refractivity contribution in [3.05, 3.63) is 59.7 Å². The van der Waals surface area contributed by atoms with Crippen LogP contribution >= 0.6 is 11.8 Å². The molecule has 7 nitrogen and oxygen atoms in total. The van der Waals surface area contributed by atoms with Crippen molar-refractivity contribution in [2.24, 2.45) is 0 Å². The first-order valence-corrected chi connectivity index (χ1v) is 11.9. The molecule has 0 bridgehead atoms. The van der Waals surface area contributed by atoms with Crippen LogP contribution in [0.4, 0.5) is 11.6 Å². The molecule has 1 saturated heterocycles. The number of anilines is 2. The maximum Gasteiger partial charge on any atom is 0.232 e. The largest absolute Gasteiger partial charge is 0.341 e. The summed E-state index contributed by atoms with van der Waals surface area (Å²) < 4.78 is 2.05. The van der Waals surface area contributed by atoms with Gasteiger partial charge in [-0.3, -0.25) is 14.2 Å². The third-order valence-corrected chi connectivity index (χ3v) is 6.37. The van der Waals surface area contributed by atoms with E-state index in [1.807, 2.05) is 4.57 Å². The number of hydrogen-bond donors (Lipinski definition) is 1. The molecule has 1 N–H and O–H groups in total. The van der Waals surface area contributed by atoms with Crippen LogP contribution in [0.5, 0.6) is 0 Å². The van der Waals surface area contributed by atoms with Gasteiger partial charge in [-0.2, -0.15) is 0 Å². The van der Waals surface area contributed by atoms with Crippen LogP contribution in [0.25, 0.3) is 5.69 Å². The van der Waals surface area contributed by atoms with E-state index in [4.69, 9.17) is 0 Å². The van der Waals surface area contributed by atoms with Crippen molar-refractivity contribution in [1.29, 1.82) is 0 Å². The van der Waals surface area contributed by atoms with E-state index in [-0.39, 0.29) is 17.4 Å². The molecule has 1 aliphatic heterocycles. The molecular formula is C24H27N5O2S. The van der Waals surface area contributed by atoms with Crippen molar-refractivity contribution in [3.63, 3.8) is 0 Å². The topological polar surface area (TPSA) is 80.1 Å². The fourth-order valence-corrected chi connectivity index (χ4v) is 4.44. The summed E-state index contributed by atoms with van der Waals surface area (Å²) in [6.45, 7) is 5.79. The SMILES string of the molecule is CCC(=O)Nc1ccc(C(=O)CSc2nnc(N3CCCC3)n2-c2ccc(C)cc2)cc1. The molecule has 0 aliphatic carbocycles. The number of amides is 1. The molecule has 4 rings (SSSR count). The molecule has 2 aromatic carbocycles. The Labute approximate surface area is 192 Å². The number of aryl methyl sites for hydroxylation is 1. The van der Waals surface area contributed by atoms with Gasteiger partial charge in [0, 0.05) is 30.8 Å². The summed E-state index contributed by atoms with van der Waals surface area (Å²) in [5.74, 6) is 1.04. The van der Waals surface area contributed by atoms with E-state index in [0.29, 0.717) is 22.8 Å². The zero-order valence-electron chi connectivity index (χ0n) is 18.4. The van der Waals surface area contributed by atoms with Crippen LogP contribution in [0, 0.1) is 6.92 Å². The summed E-state index contributed by atoms with van der Waals surface area (Å²) in [6, 6.07) is 15.3. The Morgan fingerprint density at radius 2 is 1.69 bits per heavy atom. The number of rotatable bonds is 8. The summed E-state index contributed by atoms with van der Waals surface area (Å²) in [5, 5.41) is 12.4. The van der Waals surface area contributed by atoms with Gasteiger partial charge >= 0.3 is 0 Å². The molecule has 1 amide bonds. The van der Waals surface area contributed by atoms with Crippen molar-refractivity contribution in [3.8, 4) is 5.69 Å². The minimum atomic E-state index is -0.0520. The van der Waals surface area contributed by atoms with E-state index < -0.39 is 0 Å². The number of nitrogens with zero attached hydrogens (tertiary/aromatic N) is 4. The average Bonchev–Trinajstić information content (AvgIpc) is 3.48.